The molecule has 2 fully saturated rings. The number of ether oxygens (including phenoxy) is 1. The molecule has 3 unspecified atom stereocenters. The summed E-state index contributed by atoms with van der Waals surface area (Å²) in [4.78, 5) is 15.7. The predicted molar refractivity (Wildman–Crippen MR) is 73.0 cm³/mol. The summed E-state index contributed by atoms with van der Waals surface area (Å²) in [6.07, 6.45) is 3.86. The Labute approximate surface area is 116 Å². The van der Waals surface area contributed by atoms with E-state index in [1.807, 2.05) is 6.92 Å². The first-order valence-electron chi connectivity index (χ1n) is 7.01. The molecule has 0 spiro atoms. The van der Waals surface area contributed by atoms with Gasteiger partial charge in [-0.15, -0.1) is 0 Å². The molecule has 1 aromatic heterocycles. The molecule has 0 radical (unpaired) electrons. The van der Waals surface area contributed by atoms with Crippen molar-refractivity contribution in [1.29, 1.82) is 0 Å². The van der Waals surface area contributed by atoms with E-state index < -0.39 is 5.97 Å². The number of fused-ring (bicyclic) bond motifs is 3. The molecule has 1 N–H and O–H groups in total. The Balaban J connectivity index is 1.87. The van der Waals surface area contributed by atoms with Gasteiger partial charge in [0.2, 0.25) is 0 Å². The number of benzene rings is 1. The van der Waals surface area contributed by atoms with Crippen molar-refractivity contribution < 1.29 is 14.6 Å². The molecule has 0 saturated carbocycles. The van der Waals surface area contributed by atoms with Crippen LogP contribution in [0.5, 0.6) is 0 Å². The lowest BCUT2D eigenvalue weighted by molar-refractivity contribution is 0.0697. The summed E-state index contributed by atoms with van der Waals surface area (Å²) in [6, 6.07) is 5.42. The number of aromatic nitrogens is 2. The topological polar surface area (TPSA) is 64.3 Å². The fraction of sp³-hybridized carbons (Fsp3) is 0.467. The van der Waals surface area contributed by atoms with E-state index in [1.165, 1.54) is 0 Å². The number of carbonyl (C=O) groups is 1. The highest BCUT2D eigenvalue weighted by Crippen LogP contribution is 2.43. The maximum Gasteiger partial charge on any atom is 0.335 e. The van der Waals surface area contributed by atoms with Gasteiger partial charge >= 0.3 is 5.97 Å². The molecule has 5 nitrogen and oxygen atoms in total. The lowest BCUT2D eigenvalue weighted by Gasteiger charge is -2.22. The smallest absolute Gasteiger partial charge is 0.335 e. The largest absolute Gasteiger partial charge is 0.478 e. The number of hydrogen-bond acceptors (Lipinski definition) is 3. The Morgan fingerprint density at radius 1 is 1.45 bits per heavy atom. The Bertz CT molecular complexity index is 706. The zero-order valence-electron chi connectivity index (χ0n) is 11.2. The van der Waals surface area contributed by atoms with Gasteiger partial charge in [-0.05, 0) is 44.4 Å². The van der Waals surface area contributed by atoms with Gasteiger partial charge in [0, 0.05) is 0 Å². The van der Waals surface area contributed by atoms with Crippen molar-refractivity contribution in [2.24, 2.45) is 0 Å². The minimum absolute atomic E-state index is 0.254. The van der Waals surface area contributed by atoms with Crippen LogP contribution in [0.1, 0.15) is 41.5 Å². The van der Waals surface area contributed by atoms with Crippen LogP contribution in [0.2, 0.25) is 0 Å². The molecular weight excluding hydrogens is 256 g/mol. The molecule has 4 rings (SSSR count). The number of imidazole rings is 1. The third-order valence-electron chi connectivity index (χ3n) is 4.52. The second kappa shape index (κ2) is 4.06. The van der Waals surface area contributed by atoms with Gasteiger partial charge in [-0.3, -0.25) is 0 Å². The Kier molecular flexibility index (Phi) is 2.41. The minimum atomic E-state index is -0.901. The van der Waals surface area contributed by atoms with E-state index in [-0.39, 0.29) is 6.10 Å². The van der Waals surface area contributed by atoms with Gasteiger partial charge in [-0.1, -0.05) is 0 Å². The number of aryl methyl sites for hydroxylation is 1. The highest BCUT2D eigenvalue weighted by atomic mass is 16.5. The van der Waals surface area contributed by atoms with Crippen LogP contribution >= 0.6 is 0 Å². The first-order valence-corrected chi connectivity index (χ1v) is 7.01. The van der Waals surface area contributed by atoms with E-state index in [0.717, 1.165) is 36.1 Å². The third kappa shape index (κ3) is 1.59. The molecule has 2 aliphatic rings. The second-order valence-corrected chi connectivity index (χ2v) is 5.71. The molecule has 3 atom stereocenters. The lowest BCUT2D eigenvalue weighted by atomic mass is 9.95. The Morgan fingerprint density at radius 2 is 2.30 bits per heavy atom. The van der Waals surface area contributed by atoms with Crippen molar-refractivity contribution in [3.8, 4) is 0 Å². The van der Waals surface area contributed by atoms with Crippen LogP contribution in [0, 0.1) is 6.92 Å². The van der Waals surface area contributed by atoms with Crippen molar-refractivity contribution in [2.45, 2.75) is 44.4 Å². The molecule has 0 aliphatic carbocycles. The Morgan fingerprint density at radius 3 is 2.95 bits per heavy atom. The van der Waals surface area contributed by atoms with Gasteiger partial charge in [0.15, 0.2) is 0 Å². The number of aromatic carboxylic acids is 1. The number of nitrogens with zero attached hydrogens (tertiary/aromatic N) is 2. The van der Waals surface area contributed by atoms with Crippen LogP contribution in [0.25, 0.3) is 11.0 Å². The fourth-order valence-electron chi connectivity index (χ4n) is 3.65. The van der Waals surface area contributed by atoms with E-state index in [0.29, 0.717) is 17.7 Å². The Hall–Kier alpha value is -1.88. The van der Waals surface area contributed by atoms with Gasteiger partial charge in [0.05, 0.1) is 34.8 Å². The SMILES string of the molecule is Cc1nc2ccc(C(=O)O)cc2n1C1CC2CCC1O2. The summed E-state index contributed by atoms with van der Waals surface area (Å²) in [5.41, 5.74) is 2.07. The molecule has 1 aromatic carbocycles. The molecule has 2 saturated heterocycles. The summed E-state index contributed by atoms with van der Waals surface area (Å²) >= 11 is 0. The summed E-state index contributed by atoms with van der Waals surface area (Å²) in [5, 5.41) is 9.16. The van der Waals surface area contributed by atoms with Gasteiger partial charge in [-0.25, -0.2) is 9.78 Å². The molecule has 20 heavy (non-hydrogen) atoms. The quantitative estimate of drug-likeness (QED) is 0.912. The van der Waals surface area contributed by atoms with Gasteiger partial charge < -0.3 is 14.4 Å². The van der Waals surface area contributed by atoms with Crippen molar-refractivity contribution in [1.82, 2.24) is 9.55 Å². The van der Waals surface area contributed by atoms with E-state index in [9.17, 15) is 4.79 Å². The third-order valence-corrected chi connectivity index (χ3v) is 4.52. The highest BCUT2D eigenvalue weighted by molar-refractivity contribution is 5.92. The summed E-state index contributed by atoms with van der Waals surface area (Å²) < 4.78 is 8.10. The van der Waals surface area contributed by atoms with Gasteiger partial charge in [-0.2, -0.15) is 0 Å². The summed E-state index contributed by atoms with van der Waals surface area (Å²) in [7, 11) is 0. The van der Waals surface area contributed by atoms with E-state index in [1.54, 1.807) is 18.2 Å². The van der Waals surface area contributed by atoms with Crippen molar-refractivity contribution in [2.75, 3.05) is 0 Å². The van der Waals surface area contributed by atoms with Crippen LogP contribution in [0.15, 0.2) is 18.2 Å². The zero-order chi connectivity index (χ0) is 13.9. The molecule has 5 heteroatoms. The predicted octanol–water partition coefficient (Wildman–Crippen LogP) is 2.54. The van der Waals surface area contributed by atoms with Gasteiger partial charge in [0.25, 0.3) is 0 Å². The normalized spacial score (nSPS) is 28.4. The standard InChI is InChI=1S/C15H16N2O3/c1-8-16-11-4-2-9(15(18)19)6-12(11)17(8)13-7-10-3-5-14(13)20-10/h2,4,6,10,13-14H,3,5,7H2,1H3,(H,18,19). The first kappa shape index (κ1) is 11.9. The van der Waals surface area contributed by atoms with E-state index in [4.69, 9.17) is 9.84 Å². The average Bonchev–Trinajstić information content (AvgIpc) is 3.09. The molecule has 2 aromatic rings. The maximum absolute atomic E-state index is 11.2. The fourth-order valence-corrected chi connectivity index (χ4v) is 3.65. The number of hydrogen-bond donors (Lipinski definition) is 1. The molecular formula is C15H16N2O3. The highest BCUT2D eigenvalue weighted by Gasteiger charge is 2.42. The van der Waals surface area contributed by atoms with Gasteiger partial charge in [0.1, 0.15) is 5.82 Å². The number of carboxylic acids is 1. The summed E-state index contributed by atoms with van der Waals surface area (Å²) in [6.45, 7) is 1.98. The number of rotatable bonds is 2. The summed E-state index contributed by atoms with van der Waals surface area (Å²) in [5.74, 6) is 0.0326. The molecule has 0 amide bonds. The van der Waals surface area contributed by atoms with Crippen LogP contribution in [0.3, 0.4) is 0 Å². The van der Waals surface area contributed by atoms with Crippen molar-refractivity contribution in [3.05, 3.63) is 29.6 Å². The maximum atomic E-state index is 11.2. The first-order chi connectivity index (χ1) is 9.63. The van der Waals surface area contributed by atoms with Crippen LogP contribution in [-0.4, -0.2) is 32.8 Å². The second-order valence-electron chi connectivity index (χ2n) is 5.71. The monoisotopic (exact) mass is 272 g/mol. The van der Waals surface area contributed by atoms with Crippen molar-refractivity contribution in [3.63, 3.8) is 0 Å². The minimum Gasteiger partial charge on any atom is -0.478 e. The lowest BCUT2D eigenvalue weighted by Crippen LogP contribution is -2.21. The van der Waals surface area contributed by atoms with E-state index in [2.05, 4.69) is 9.55 Å². The van der Waals surface area contributed by atoms with E-state index >= 15 is 0 Å². The molecule has 104 valence electrons. The van der Waals surface area contributed by atoms with Crippen LogP contribution in [-0.2, 0) is 4.74 Å². The van der Waals surface area contributed by atoms with Crippen molar-refractivity contribution >= 4 is 17.0 Å². The van der Waals surface area contributed by atoms with Crippen LogP contribution < -0.4 is 0 Å². The number of carboxylic acid groups (broad SMARTS) is 1. The van der Waals surface area contributed by atoms with Crippen LogP contribution in [0.4, 0.5) is 0 Å². The molecule has 2 bridgehead atoms. The average molecular weight is 272 g/mol. The molecule has 2 aliphatic heterocycles. The molecule has 3 heterocycles. The zero-order valence-corrected chi connectivity index (χ0v) is 11.2.